The highest BCUT2D eigenvalue weighted by atomic mass is 79.9. The molecule has 1 saturated carbocycles. The van der Waals surface area contributed by atoms with Gasteiger partial charge in [-0.05, 0) is 59.2 Å². The van der Waals surface area contributed by atoms with Gasteiger partial charge in [0.15, 0.2) is 0 Å². The molecule has 2 rings (SSSR count). The number of thiophene rings is 1. The number of rotatable bonds is 3. The Bertz CT molecular complexity index is 397. The van der Waals surface area contributed by atoms with E-state index >= 15 is 0 Å². The van der Waals surface area contributed by atoms with E-state index < -0.39 is 0 Å². The Balaban J connectivity index is 2.00. The van der Waals surface area contributed by atoms with Crippen LogP contribution in [0.2, 0.25) is 0 Å². The molecule has 1 heterocycles. The summed E-state index contributed by atoms with van der Waals surface area (Å²) in [6, 6.07) is 4.22. The van der Waals surface area contributed by atoms with Gasteiger partial charge in [0.05, 0.1) is 3.79 Å². The molecule has 1 aliphatic carbocycles. The van der Waals surface area contributed by atoms with Gasteiger partial charge in [-0.1, -0.05) is 13.8 Å². The summed E-state index contributed by atoms with van der Waals surface area (Å²) in [4.78, 5) is 13.3. The minimum Gasteiger partial charge on any atom is -0.299 e. The van der Waals surface area contributed by atoms with Gasteiger partial charge in [-0.25, -0.2) is 0 Å². The first-order valence-electron chi connectivity index (χ1n) is 6.33. The zero-order chi connectivity index (χ0) is 12.4. The van der Waals surface area contributed by atoms with Crippen molar-refractivity contribution < 1.29 is 4.79 Å². The first kappa shape index (κ1) is 13.3. The molecule has 1 aromatic heterocycles. The monoisotopic (exact) mass is 314 g/mol. The molecule has 0 spiro atoms. The summed E-state index contributed by atoms with van der Waals surface area (Å²) in [5, 5.41) is 0. The number of hydrogen-bond donors (Lipinski definition) is 0. The van der Waals surface area contributed by atoms with Crippen molar-refractivity contribution in [1.29, 1.82) is 0 Å². The fourth-order valence-corrected chi connectivity index (χ4v) is 4.22. The van der Waals surface area contributed by atoms with Crippen molar-refractivity contribution in [3.8, 4) is 0 Å². The van der Waals surface area contributed by atoms with Crippen LogP contribution in [0.4, 0.5) is 0 Å². The quantitative estimate of drug-likeness (QED) is 0.790. The topological polar surface area (TPSA) is 17.1 Å². The van der Waals surface area contributed by atoms with E-state index in [1.54, 1.807) is 11.3 Å². The van der Waals surface area contributed by atoms with E-state index in [0.29, 0.717) is 11.7 Å². The predicted octanol–water partition coefficient (Wildman–Crippen LogP) is 4.69. The molecule has 0 bridgehead atoms. The average molecular weight is 315 g/mol. The van der Waals surface area contributed by atoms with Crippen molar-refractivity contribution in [2.75, 3.05) is 0 Å². The molecule has 0 radical (unpaired) electrons. The lowest BCUT2D eigenvalue weighted by Crippen LogP contribution is -2.28. The lowest BCUT2D eigenvalue weighted by atomic mass is 9.74. The van der Waals surface area contributed by atoms with E-state index in [1.807, 2.05) is 0 Å². The Kier molecular flexibility index (Phi) is 4.42. The molecule has 2 atom stereocenters. The number of carbonyl (C=O) groups excluding carboxylic acids is 1. The maximum absolute atomic E-state index is 12.0. The van der Waals surface area contributed by atoms with Gasteiger partial charge in [0.1, 0.15) is 5.78 Å². The smallest absolute Gasteiger partial charge is 0.136 e. The van der Waals surface area contributed by atoms with Gasteiger partial charge in [0.2, 0.25) is 0 Å². The fraction of sp³-hybridized carbons (Fsp3) is 0.643. The zero-order valence-electron chi connectivity index (χ0n) is 10.4. The van der Waals surface area contributed by atoms with Crippen LogP contribution in [0.15, 0.2) is 15.9 Å². The SMILES string of the molecule is CC(C)C1CCC(=O)C(Cc2ccc(Br)s2)C1. The van der Waals surface area contributed by atoms with Crippen LogP contribution in [0.1, 0.15) is 38.0 Å². The summed E-state index contributed by atoms with van der Waals surface area (Å²) >= 11 is 5.24. The van der Waals surface area contributed by atoms with E-state index in [9.17, 15) is 4.79 Å². The van der Waals surface area contributed by atoms with Crippen molar-refractivity contribution in [2.45, 2.75) is 39.5 Å². The van der Waals surface area contributed by atoms with Gasteiger partial charge >= 0.3 is 0 Å². The lowest BCUT2D eigenvalue weighted by molar-refractivity contribution is -0.125. The van der Waals surface area contributed by atoms with Gasteiger partial charge in [0.25, 0.3) is 0 Å². The summed E-state index contributed by atoms with van der Waals surface area (Å²) in [6.45, 7) is 4.55. The van der Waals surface area contributed by atoms with Crippen LogP contribution in [0.3, 0.4) is 0 Å². The molecule has 1 fully saturated rings. The number of ketones is 1. The molecule has 0 saturated heterocycles. The molecule has 1 aromatic rings. The Morgan fingerprint density at radius 1 is 1.47 bits per heavy atom. The second-order valence-electron chi connectivity index (χ2n) is 5.35. The molecule has 2 unspecified atom stereocenters. The average Bonchev–Trinajstić information content (AvgIpc) is 2.67. The van der Waals surface area contributed by atoms with Crippen LogP contribution < -0.4 is 0 Å². The molecule has 17 heavy (non-hydrogen) atoms. The Hall–Kier alpha value is -0.150. The summed E-state index contributed by atoms with van der Waals surface area (Å²) in [7, 11) is 0. The highest BCUT2D eigenvalue weighted by Crippen LogP contribution is 2.35. The maximum Gasteiger partial charge on any atom is 0.136 e. The third-order valence-electron chi connectivity index (χ3n) is 3.82. The molecule has 94 valence electrons. The van der Waals surface area contributed by atoms with E-state index in [4.69, 9.17) is 0 Å². The second kappa shape index (κ2) is 5.66. The molecular weight excluding hydrogens is 296 g/mol. The summed E-state index contributed by atoms with van der Waals surface area (Å²) in [5.41, 5.74) is 0. The summed E-state index contributed by atoms with van der Waals surface area (Å²) < 4.78 is 1.16. The normalized spacial score (nSPS) is 25.5. The van der Waals surface area contributed by atoms with E-state index in [1.165, 1.54) is 4.88 Å². The number of carbonyl (C=O) groups is 1. The Labute approximate surface area is 116 Å². The van der Waals surface area contributed by atoms with Crippen LogP contribution in [-0.2, 0) is 11.2 Å². The first-order valence-corrected chi connectivity index (χ1v) is 7.94. The van der Waals surface area contributed by atoms with Crippen molar-refractivity contribution >= 4 is 33.0 Å². The van der Waals surface area contributed by atoms with Crippen LogP contribution >= 0.6 is 27.3 Å². The van der Waals surface area contributed by atoms with Gasteiger partial charge in [0, 0.05) is 17.2 Å². The van der Waals surface area contributed by atoms with E-state index in [-0.39, 0.29) is 5.92 Å². The van der Waals surface area contributed by atoms with E-state index in [0.717, 1.165) is 35.4 Å². The summed E-state index contributed by atoms with van der Waals surface area (Å²) in [6.07, 6.45) is 3.92. The van der Waals surface area contributed by atoms with Crippen LogP contribution in [-0.4, -0.2) is 5.78 Å². The van der Waals surface area contributed by atoms with Gasteiger partial charge in [-0.15, -0.1) is 11.3 Å². The minimum atomic E-state index is 0.265. The van der Waals surface area contributed by atoms with Gasteiger partial charge in [-0.2, -0.15) is 0 Å². The third kappa shape index (κ3) is 3.41. The Morgan fingerprint density at radius 2 is 2.24 bits per heavy atom. The van der Waals surface area contributed by atoms with Gasteiger partial charge in [-0.3, -0.25) is 4.79 Å². The molecule has 0 aromatic carbocycles. The van der Waals surface area contributed by atoms with Crippen LogP contribution in [0, 0.1) is 17.8 Å². The molecule has 0 amide bonds. The van der Waals surface area contributed by atoms with Crippen molar-refractivity contribution in [3.63, 3.8) is 0 Å². The number of Topliss-reactive ketones (excluding diaryl/α,β-unsaturated/α-hetero) is 1. The van der Waals surface area contributed by atoms with Gasteiger partial charge < -0.3 is 0 Å². The minimum absolute atomic E-state index is 0.265. The summed E-state index contributed by atoms with van der Waals surface area (Å²) in [5.74, 6) is 2.19. The standard InChI is InChI=1S/C14H19BrOS/c1-9(2)10-3-5-13(16)11(7-10)8-12-4-6-14(15)17-12/h4,6,9-11H,3,5,7-8H2,1-2H3. The molecule has 1 nitrogen and oxygen atoms in total. The van der Waals surface area contributed by atoms with Crippen LogP contribution in [0.25, 0.3) is 0 Å². The first-order chi connectivity index (χ1) is 8.06. The van der Waals surface area contributed by atoms with Crippen LogP contribution in [0.5, 0.6) is 0 Å². The molecule has 0 aliphatic heterocycles. The molecule has 0 N–H and O–H groups in total. The highest BCUT2D eigenvalue weighted by Gasteiger charge is 2.30. The molecular formula is C14H19BrOS. The molecule has 1 aliphatic rings. The number of halogens is 1. The highest BCUT2D eigenvalue weighted by molar-refractivity contribution is 9.11. The lowest BCUT2D eigenvalue weighted by Gasteiger charge is -2.30. The molecule has 3 heteroatoms. The van der Waals surface area contributed by atoms with E-state index in [2.05, 4.69) is 41.9 Å². The largest absolute Gasteiger partial charge is 0.299 e. The van der Waals surface area contributed by atoms with Crippen molar-refractivity contribution in [1.82, 2.24) is 0 Å². The van der Waals surface area contributed by atoms with Crippen molar-refractivity contribution in [3.05, 3.63) is 20.8 Å². The second-order valence-corrected chi connectivity index (χ2v) is 7.90. The van der Waals surface area contributed by atoms with Crippen molar-refractivity contribution in [2.24, 2.45) is 17.8 Å². The third-order valence-corrected chi connectivity index (χ3v) is 5.47. The zero-order valence-corrected chi connectivity index (χ0v) is 12.8. The number of hydrogen-bond acceptors (Lipinski definition) is 2. The Morgan fingerprint density at radius 3 is 2.82 bits per heavy atom. The predicted molar refractivity (Wildman–Crippen MR) is 76.4 cm³/mol. The maximum atomic E-state index is 12.0. The fourth-order valence-electron chi connectivity index (χ4n) is 2.65.